The second-order valence-corrected chi connectivity index (χ2v) is 2.95. The fourth-order valence-electron chi connectivity index (χ4n) is 1.22. The summed E-state index contributed by atoms with van der Waals surface area (Å²) in [5.41, 5.74) is 3.29. The van der Waals surface area contributed by atoms with Crippen LogP contribution in [0.15, 0.2) is 28.1 Å². The Bertz CT molecular complexity index is 441. The topological polar surface area (TPSA) is 115 Å². The molecule has 0 radical (unpaired) electrons. The number of hydrogen-bond donors (Lipinski definition) is 2. The Morgan fingerprint density at radius 2 is 2.44 bits per heavy atom. The first-order chi connectivity index (χ1) is 7.69. The standard InChI is InChI=1S/C9H9N5O2/c10-3-4-12-13-9-5-8(14(15)16)2-1-7(9)6-11/h3-5,10,13H,1-2H2/b10-3?,12-4-. The van der Waals surface area contributed by atoms with E-state index in [9.17, 15) is 10.1 Å². The molecule has 0 saturated carbocycles. The predicted octanol–water partition coefficient (Wildman–Crippen LogP) is 0.943. The number of nitrogens with zero attached hydrogens (tertiary/aromatic N) is 3. The van der Waals surface area contributed by atoms with E-state index >= 15 is 0 Å². The molecule has 2 N–H and O–H groups in total. The van der Waals surface area contributed by atoms with E-state index in [0.717, 1.165) is 6.21 Å². The first kappa shape index (κ1) is 11.6. The number of nitrogens with one attached hydrogen (secondary N) is 2. The number of rotatable bonds is 4. The number of hydrazone groups is 1. The lowest BCUT2D eigenvalue weighted by molar-refractivity contribution is -0.428. The number of hydrogen-bond acceptors (Lipinski definition) is 6. The van der Waals surface area contributed by atoms with Gasteiger partial charge in [0.2, 0.25) is 5.70 Å². The Morgan fingerprint density at radius 3 is 3.00 bits per heavy atom. The minimum absolute atomic E-state index is 0.0477. The summed E-state index contributed by atoms with van der Waals surface area (Å²) in [7, 11) is 0. The van der Waals surface area contributed by atoms with Crippen LogP contribution >= 0.6 is 0 Å². The van der Waals surface area contributed by atoms with Crippen LogP contribution in [0, 0.1) is 26.9 Å². The van der Waals surface area contributed by atoms with Gasteiger partial charge in [0.1, 0.15) is 0 Å². The monoisotopic (exact) mass is 219 g/mol. The maximum Gasteiger partial charge on any atom is 0.248 e. The normalized spacial score (nSPS) is 15.6. The Morgan fingerprint density at radius 1 is 1.69 bits per heavy atom. The van der Waals surface area contributed by atoms with Crippen LogP contribution in [0.5, 0.6) is 0 Å². The van der Waals surface area contributed by atoms with Gasteiger partial charge in [-0.3, -0.25) is 15.5 Å². The predicted molar refractivity (Wildman–Crippen MR) is 57.4 cm³/mol. The molecule has 1 aliphatic rings. The second kappa shape index (κ2) is 5.41. The lowest BCUT2D eigenvalue weighted by atomic mass is 10.0. The summed E-state index contributed by atoms with van der Waals surface area (Å²) >= 11 is 0. The molecule has 0 fully saturated rings. The van der Waals surface area contributed by atoms with Gasteiger partial charge in [0.25, 0.3) is 0 Å². The van der Waals surface area contributed by atoms with Crippen LogP contribution in [-0.4, -0.2) is 17.4 Å². The van der Waals surface area contributed by atoms with Crippen molar-refractivity contribution in [2.24, 2.45) is 5.10 Å². The van der Waals surface area contributed by atoms with Crippen LogP contribution in [0.4, 0.5) is 0 Å². The van der Waals surface area contributed by atoms with Crippen molar-refractivity contribution in [1.82, 2.24) is 5.43 Å². The van der Waals surface area contributed by atoms with E-state index in [1.54, 1.807) is 0 Å². The van der Waals surface area contributed by atoms with Crippen molar-refractivity contribution in [3.63, 3.8) is 0 Å². The summed E-state index contributed by atoms with van der Waals surface area (Å²) in [6, 6.07) is 1.96. The van der Waals surface area contributed by atoms with Gasteiger partial charge >= 0.3 is 0 Å². The van der Waals surface area contributed by atoms with Crippen LogP contribution in [0.2, 0.25) is 0 Å². The van der Waals surface area contributed by atoms with Crippen LogP contribution in [0.3, 0.4) is 0 Å². The quantitative estimate of drug-likeness (QED) is 0.416. The SMILES string of the molecule is N#CC1=C(N/N=C\C=N)C=C([N+](=O)[O-])CC1. The smallest absolute Gasteiger partial charge is 0.248 e. The molecule has 0 aromatic heterocycles. The van der Waals surface area contributed by atoms with Crippen LogP contribution < -0.4 is 5.43 Å². The summed E-state index contributed by atoms with van der Waals surface area (Å²) < 4.78 is 0. The van der Waals surface area contributed by atoms with Crippen molar-refractivity contribution in [1.29, 1.82) is 10.7 Å². The number of nitro groups is 1. The van der Waals surface area contributed by atoms with Crippen LogP contribution in [0.1, 0.15) is 12.8 Å². The van der Waals surface area contributed by atoms with Crippen molar-refractivity contribution < 1.29 is 4.92 Å². The first-order valence-electron chi connectivity index (χ1n) is 4.45. The van der Waals surface area contributed by atoms with Crippen molar-refractivity contribution in [3.05, 3.63) is 33.2 Å². The third-order valence-corrected chi connectivity index (χ3v) is 1.97. The molecule has 82 valence electrons. The van der Waals surface area contributed by atoms with Crippen molar-refractivity contribution in [2.45, 2.75) is 12.8 Å². The van der Waals surface area contributed by atoms with Gasteiger partial charge in [0.15, 0.2) is 0 Å². The fourth-order valence-corrected chi connectivity index (χ4v) is 1.22. The average molecular weight is 219 g/mol. The van der Waals surface area contributed by atoms with Gasteiger partial charge in [-0.05, 0) is 6.42 Å². The number of nitriles is 1. The molecule has 7 heteroatoms. The van der Waals surface area contributed by atoms with Gasteiger partial charge in [-0.2, -0.15) is 10.4 Å². The summed E-state index contributed by atoms with van der Waals surface area (Å²) in [5, 5.41) is 29.7. The van der Waals surface area contributed by atoms with Crippen molar-refractivity contribution in [3.8, 4) is 6.07 Å². The average Bonchev–Trinajstić information content (AvgIpc) is 2.29. The molecule has 0 aromatic rings. The Balaban J connectivity index is 2.94. The molecule has 0 spiro atoms. The number of allylic oxidation sites excluding steroid dienone is 3. The van der Waals surface area contributed by atoms with Gasteiger partial charge in [0.05, 0.1) is 28.5 Å². The summed E-state index contributed by atoms with van der Waals surface area (Å²) in [4.78, 5) is 10.1. The third kappa shape index (κ3) is 2.75. The van der Waals surface area contributed by atoms with Crippen molar-refractivity contribution >= 4 is 12.4 Å². The zero-order valence-electron chi connectivity index (χ0n) is 8.30. The molecule has 0 saturated heterocycles. The second-order valence-electron chi connectivity index (χ2n) is 2.95. The fraction of sp³-hybridized carbons (Fsp3) is 0.222. The minimum atomic E-state index is -0.476. The molecule has 16 heavy (non-hydrogen) atoms. The molecule has 1 aliphatic carbocycles. The Labute approximate surface area is 91.4 Å². The summed E-state index contributed by atoms with van der Waals surface area (Å²) in [6.07, 6.45) is 4.00. The van der Waals surface area contributed by atoms with Gasteiger partial charge < -0.3 is 5.41 Å². The van der Waals surface area contributed by atoms with Gasteiger partial charge in [-0.1, -0.05) is 0 Å². The van der Waals surface area contributed by atoms with Gasteiger partial charge in [0, 0.05) is 18.7 Å². The van der Waals surface area contributed by atoms with Gasteiger partial charge in [-0.25, -0.2) is 0 Å². The molecule has 0 atom stereocenters. The maximum absolute atomic E-state index is 10.6. The van der Waals surface area contributed by atoms with E-state index in [1.165, 1.54) is 12.3 Å². The molecular weight excluding hydrogens is 210 g/mol. The molecule has 1 rings (SSSR count). The third-order valence-electron chi connectivity index (χ3n) is 1.97. The molecule has 0 aromatic carbocycles. The highest BCUT2D eigenvalue weighted by Crippen LogP contribution is 2.22. The molecule has 0 aliphatic heterocycles. The van der Waals surface area contributed by atoms with Gasteiger partial charge in [-0.15, -0.1) is 0 Å². The zero-order valence-corrected chi connectivity index (χ0v) is 8.30. The Kier molecular flexibility index (Phi) is 3.91. The zero-order chi connectivity index (χ0) is 12.0. The highest BCUT2D eigenvalue weighted by atomic mass is 16.6. The minimum Gasteiger partial charge on any atom is -0.307 e. The summed E-state index contributed by atoms with van der Waals surface area (Å²) in [6.45, 7) is 0. The first-order valence-corrected chi connectivity index (χ1v) is 4.45. The van der Waals surface area contributed by atoms with E-state index in [1.807, 2.05) is 6.07 Å². The molecule has 0 bridgehead atoms. The molecular formula is C9H9N5O2. The highest BCUT2D eigenvalue weighted by molar-refractivity contribution is 6.14. The molecule has 0 amide bonds. The van der Waals surface area contributed by atoms with E-state index in [4.69, 9.17) is 10.7 Å². The lowest BCUT2D eigenvalue weighted by Crippen LogP contribution is -2.13. The van der Waals surface area contributed by atoms with Crippen LogP contribution in [-0.2, 0) is 0 Å². The summed E-state index contributed by atoms with van der Waals surface area (Å²) in [5.74, 6) is 0. The maximum atomic E-state index is 10.6. The largest absolute Gasteiger partial charge is 0.307 e. The van der Waals surface area contributed by atoms with E-state index in [2.05, 4.69) is 10.5 Å². The Hall–Kier alpha value is -2.49. The van der Waals surface area contributed by atoms with E-state index < -0.39 is 4.92 Å². The van der Waals surface area contributed by atoms with E-state index in [-0.39, 0.29) is 12.1 Å². The molecule has 7 nitrogen and oxygen atoms in total. The van der Waals surface area contributed by atoms with Crippen LogP contribution in [0.25, 0.3) is 0 Å². The van der Waals surface area contributed by atoms with E-state index in [0.29, 0.717) is 17.7 Å². The molecule has 0 heterocycles. The lowest BCUT2D eigenvalue weighted by Gasteiger charge is -2.10. The molecule has 0 unspecified atom stereocenters. The van der Waals surface area contributed by atoms with Crippen molar-refractivity contribution in [2.75, 3.05) is 0 Å². The highest BCUT2D eigenvalue weighted by Gasteiger charge is 2.20.